The average Bonchev–Trinajstić information content (AvgIpc) is 2.93. The lowest BCUT2D eigenvalue weighted by molar-refractivity contribution is 0.0969. The summed E-state index contributed by atoms with van der Waals surface area (Å²) in [5, 5.41) is 13.5. The van der Waals surface area contributed by atoms with E-state index >= 15 is 0 Å². The number of nitrogens with one attached hydrogen (secondary N) is 2. The Balaban J connectivity index is 0.00000308. The number of benzene rings is 3. The van der Waals surface area contributed by atoms with Crippen molar-refractivity contribution in [1.29, 1.82) is 0 Å². The Labute approximate surface area is 260 Å². The van der Waals surface area contributed by atoms with Gasteiger partial charge in [-0.05, 0) is 78.8 Å². The van der Waals surface area contributed by atoms with Gasteiger partial charge in [-0.1, -0.05) is 36.8 Å². The summed E-state index contributed by atoms with van der Waals surface area (Å²) in [5.74, 6) is 0.365. The van der Waals surface area contributed by atoms with Crippen LogP contribution in [0.1, 0.15) is 54.1 Å². The number of rotatable bonds is 12. The van der Waals surface area contributed by atoms with Crippen molar-refractivity contribution >= 4 is 46.4 Å². The number of hydrogen-bond donors (Lipinski definition) is 4. The highest BCUT2D eigenvalue weighted by Gasteiger charge is 2.21. The summed E-state index contributed by atoms with van der Waals surface area (Å²) < 4.78 is 37.4. The number of halogens is 2. The Hall–Kier alpha value is -3.02. The number of sulfonamides is 1. The Morgan fingerprint density at radius 3 is 2.26 bits per heavy atom. The van der Waals surface area contributed by atoms with Crippen molar-refractivity contribution < 1.29 is 27.8 Å². The van der Waals surface area contributed by atoms with Crippen LogP contribution in [-0.2, 0) is 10.0 Å². The van der Waals surface area contributed by atoms with Crippen molar-refractivity contribution in [3.8, 4) is 22.6 Å². The molecule has 1 fully saturated rings. The first-order valence-electron chi connectivity index (χ1n) is 13.5. The normalized spacial score (nSPS) is 14.1. The molecule has 42 heavy (non-hydrogen) atoms. The number of hydrogen-bond acceptors (Lipinski definition) is 8. The smallest absolute Gasteiger partial charge is 0.268 e. The number of ether oxygens (including phenoxy) is 2. The van der Waals surface area contributed by atoms with Gasteiger partial charge in [-0.2, -0.15) is 0 Å². The molecule has 5 N–H and O–H groups in total. The molecule has 0 bridgehead atoms. The maximum Gasteiger partial charge on any atom is 0.268 e. The lowest BCUT2D eigenvalue weighted by atomic mass is 9.97. The van der Waals surface area contributed by atoms with Gasteiger partial charge < -0.3 is 25.6 Å². The van der Waals surface area contributed by atoms with Gasteiger partial charge in [0.05, 0.1) is 24.0 Å². The van der Waals surface area contributed by atoms with Gasteiger partial charge in [0.2, 0.25) is 10.0 Å². The Morgan fingerprint density at radius 2 is 1.62 bits per heavy atom. The van der Waals surface area contributed by atoms with E-state index in [9.17, 15) is 18.3 Å². The number of carbonyl (C=O) groups excluding carboxylic acids is 1. The van der Waals surface area contributed by atoms with Crippen molar-refractivity contribution in [2.75, 3.05) is 31.7 Å². The van der Waals surface area contributed by atoms with Crippen LogP contribution in [-0.4, -0.2) is 51.5 Å². The van der Waals surface area contributed by atoms with Crippen molar-refractivity contribution in [3.05, 3.63) is 77.9 Å². The zero-order chi connectivity index (χ0) is 28.5. The van der Waals surface area contributed by atoms with E-state index in [2.05, 4.69) is 5.32 Å². The SMILES string of the molecule is CS(=O)(=O)NC(=O)c1ccc(-c2ccc(OCCNC[C@@H](O)c3ccc(N)cc3)cc2)cc1OC1CCCCC1.Cl.Cl. The first-order chi connectivity index (χ1) is 19.2. The second-order valence-corrected chi connectivity index (χ2v) is 11.8. The largest absolute Gasteiger partial charge is 0.492 e. The second-order valence-electron chi connectivity index (χ2n) is 10.1. The molecule has 1 aliphatic carbocycles. The molecule has 1 aliphatic rings. The molecule has 1 amide bonds. The third kappa shape index (κ3) is 10.7. The van der Waals surface area contributed by atoms with Crippen molar-refractivity contribution in [2.45, 2.75) is 44.3 Å². The van der Waals surface area contributed by atoms with E-state index in [1.165, 1.54) is 0 Å². The van der Waals surface area contributed by atoms with Crippen molar-refractivity contribution in [1.82, 2.24) is 10.0 Å². The van der Waals surface area contributed by atoms with Crippen LogP contribution in [0.15, 0.2) is 66.7 Å². The van der Waals surface area contributed by atoms with Crippen LogP contribution in [0.2, 0.25) is 0 Å². The van der Waals surface area contributed by atoms with Gasteiger partial charge in [-0.3, -0.25) is 4.79 Å². The third-order valence-corrected chi connectivity index (χ3v) is 7.30. The lowest BCUT2D eigenvalue weighted by Crippen LogP contribution is -2.30. The molecule has 4 rings (SSSR count). The highest BCUT2D eigenvalue weighted by atomic mass is 35.5. The first kappa shape index (κ1) is 35.2. The van der Waals surface area contributed by atoms with Crippen LogP contribution < -0.4 is 25.2 Å². The molecular weight excluding hydrogens is 601 g/mol. The van der Waals surface area contributed by atoms with Crippen LogP contribution in [0.4, 0.5) is 5.69 Å². The fourth-order valence-electron chi connectivity index (χ4n) is 4.63. The fraction of sp³-hybridized carbons (Fsp3) is 0.367. The van der Waals surface area contributed by atoms with Crippen molar-refractivity contribution in [2.24, 2.45) is 0 Å². The van der Waals surface area contributed by atoms with Gasteiger partial charge in [0.15, 0.2) is 0 Å². The number of amides is 1. The standard InChI is InChI=1S/C30H37N3O6S.2ClH/c1-40(36,37)33-30(35)27-16-11-23(19-29(27)39-26-5-3-2-4-6-26)21-9-14-25(15-10-21)38-18-17-32-20-28(34)22-7-12-24(31)13-8-22;;/h7-16,19,26,28,32,34H,2-6,17-18,20,31H2,1H3,(H,33,35);2*1H/t28-;;/m1../s1. The molecule has 1 saturated carbocycles. The number of nitrogen functional groups attached to an aromatic ring is 1. The Kier molecular flexibility index (Phi) is 13.9. The van der Waals surface area contributed by atoms with E-state index in [1.807, 2.05) is 41.1 Å². The summed E-state index contributed by atoms with van der Waals surface area (Å²) in [5.41, 5.74) is 9.08. The molecule has 3 aromatic rings. The summed E-state index contributed by atoms with van der Waals surface area (Å²) in [6, 6.07) is 19.9. The van der Waals surface area contributed by atoms with Crippen LogP contribution in [0.3, 0.4) is 0 Å². The van der Waals surface area contributed by atoms with Gasteiger partial charge in [-0.25, -0.2) is 13.1 Å². The monoisotopic (exact) mass is 639 g/mol. The Morgan fingerprint density at radius 1 is 0.976 bits per heavy atom. The van der Waals surface area contributed by atoms with E-state index in [4.69, 9.17) is 15.2 Å². The van der Waals surface area contributed by atoms with Gasteiger partial charge in [0.25, 0.3) is 5.91 Å². The maximum atomic E-state index is 12.7. The minimum Gasteiger partial charge on any atom is -0.492 e. The number of nitrogens with two attached hydrogens (primary N) is 1. The zero-order valence-electron chi connectivity index (χ0n) is 23.5. The molecule has 3 aromatic carbocycles. The minimum absolute atomic E-state index is 0. The van der Waals surface area contributed by atoms with Gasteiger partial charge >= 0.3 is 0 Å². The van der Waals surface area contributed by atoms with Gasteiger partial charge in [-0.15, -0.1) is 24.8 Å². The summed E-state index contributed by atoms with van der Waals surface area (Å²) in [4.78, 5) is 12.7. The van der Waals surface area contributed by atoms with E-state index in [-0.39, 0.29) is 36.5 Å². The maximum absolute atomic E-state index is 12.7. The molecule has 0 heterocycles. The van der Waals surface area contributed by atoms with Crippen LogP contribution in [0.5, 0.6) is 11.5 Å². The van der Waals surface area contributed by atoms with Gasteiger partial charge in [0.1, 0.15) is 18.1 Å². The number of aliphatic hydroxyl groups is 1. The summed E-state index contributed by atoms with van der Waals surface area (Å²) in [7, 11) is -3.71. The molecule has 12 heteroatoms. The molecule has 0 saturated heterocycles. The second kappa shape index (κ2) is 16.6. The van der Waals surface area contributed by atoms with Crippen molar-refractivity contribution in [3.63, 3.8) is 0 Å². The first-order valence-corrected chi connectivity index (χ1v) is 15.4. The molecule has 0 radical (unpaired) electrons. The number of aliphatic hydroxyl groups excluding tert-OH is 1. The highest BCUT2D eigenvalue weighted by molar-refractivity contribution is 7.89. The Bertz CT molecular complexity index is 1380. The topological polar surface area (TPSA) is 140 Å². The van der Waals surface area contributed by atoms with E-state index in [0.717, 1.165) is 55.1 Å². The summed E-state index contributed by atoms with van der Waals surface area (Å²) in [6.45, 7) is 1.39. The lowest BCUT2D eigenvalue weighted by Gasteiger charge is -2.24. The third-order valence-electron chi connectivity index (χ3n) is 6.74. The molecule has 0 unspecified atom stereocenters. The molecule has 0 spiro atoms. The van der Waals surface area contributed by atoms with E-state index in [0.29, 0.717) is 36.9 Å². The van der Waals surface area contributed by atoms with E-state index in [1.54, 1.807) is 30.3 Å². The van der Waals surface area contributed by atoms with E-state index < -0.39 is 22.0 Å². The zero-order valence-corrected chi connectivity index (χ0v) is 25.9. The minimum atomic E-state index is -3.71. The quantitative estimate of drug-likeness (QED) is 0.162. The van der Waals surface area contributed by atoms with Crippen LogP contribution in [0.25, 0.3) is 11.1 Å². The molecule has 1 atom stereocenters. The summed E-state index contributed by atoms with van der Waals surface area (Å²) >= 11 is 0. The molecular formula is C30H39Cl2N3O6S. The predicted molar refractivity (Wildman–Crippen MR) is 170 cm³/mol. The molecule has 0 aliphatic heterocycles. The summed E-state index contributed by atoms with van der Waals surface area (Å²) in [6.07, 6.45) is 5.41. The van der Waals surface area contributed by atoms with Crippen LogP contribution in [0, 0.1) is 0 Å². The molecule has 9 nitrogen and oxygen atoms in total. The predicted octanol–water partition coefficient (Wildman–Crippen LogP) is 4.88. The van der Waals surface area contributed by atoms with Crippen LogP contribution >= 0.6 is 24.8 Å². The molecule has 230 valence electrons. The molecule has 0 aromatic heterocycles. The van der Waals surface area contributed by atoms with Gasteiger partial charge in [0, 0.05) is 18.8 Å². The number of carbonyl (C=O) groups is 1. The fourth-order valence-corrected chi connectivity index (χ4v) is 5.08. The highest BCUT2D eigenvalue weighted by Crippen LogP contribution is 2.32. The number of anilines is 1. The average molecular weight is 641 g/mol.